The Morgan fingerprint density at radius 1 is 0.953 bits per heavy atom. The molecule has 3 aromatic rings. The fourth-order valence-corrected chi connectivity index (χ4v) is 6.88. The van der Waals surface area contributed by atoms with Gasteiger partial charge in [0.1, 0.15) is 17.4 Å². The van der Waals surface area contributed by atoms with E-state index in [1.54, 1.807) is 23.1 Å². The molecule has 1 aromatic heterocycles. The fourth-order valence-electron chi connectivity index (χ4n) is 5.27. The third kappa shape index (κ3) is 7.36. The maximum Gasteiger partial charge on any atom is 0.264 e. The van der Waals surface area contributed by atoms with Gasteiger partial charge in [-0.25, -0.2) is 26.6 Å². The molecule has 2 aliphatic rings. The van der Waals surface area contributed by atoms with Crippen molar-refractivity contribution in [1.29, 1.82) is 0 Å². The number of carbonyl (C=O) groups excluding carboxylic acids is 2. The van der Waals surface area contributed by atoms with Crippen LogP contribution < -0.4 is 10.0 Å². The summed E-state index contributed by atoms with van der Waals surface area (Å²) >= 11 is 0. The molecule has 2 aliphatic heterocycles. The Balaban J connectivity index is 1.44. The topological polar surface area (TPSA) is 158 Å². The van der Waals surface area contributed by atoms with E-state index in [9.17, 15) is 26.4 Å². The van der Waals surface area contributed by atoms with E-state index in [0.717, 1.165) is 24.5 Å². The number of guanidine groups is 1. The van der Waals surface area contributed by atoms with Crippen LogP contribution in [0.15, 0.2) is 67.7 Å². The number of aryl methyl sites for hydroxylation is 1. The van der Waals surface area contributed by atoms with Crippen molar-refractivity contribution in [3.05, 3.63) is 54.3 Å². The summed E-state index contributed by atoms with van der Waals surface area (Å²) in [5.41, 5.74) is 1.16. The van der Waals surface area contributed by atoms with Crippen molar-refractivity contribution < 1.29 is 30.8 Å². The van der Waals surface area contributed by atoms with E-state index in [1.807, 2.05) is 13.0 Å². The molecule has 0 spiro atoms. The van der Waals surface area contributed by atoms with E-state index in [-0.39, 0.29) is 34.1 Å². The summed E-state index contributed by atoms with van der Waals surface area (Å²) in [4.78, 5) is 34.1. The Labute approximate surface area is 251 Å². The highest BCUT2D eigenvalue weighted by Crippen LogP contribution is 2.24. The standard InChI is InChI=1S/C29H35N5O7S2/c1-20-17-21-18-22(8-13-26(21)41-20)30-29(32-43(39,40)24-11-9-23(10-12-24)42(2,37)38)31-25-7-3-4-16-34(28(25)36)19-27(35)33-14-5-6-15-33/h8-13,17-18,25H,3-7,14-16,19H2,1-2H3,(H2,30,31,32)/t25-/m0/s1. The summed E-state index contributed by atoms with van der Waals surface area (Å²) < 4.78 is 58.6. The van der Waals surface area contributed by atoms with Crippen molar-refractivity contribution in [3.8, 4) is 0 Å². The first-order valence-electron chi connectivity index (χ1n) is 14.1. The second-order valence-corrected chi connectivity index (χ2v) is 14.6. The van der Waals surface area contributed by atoms with Crippen LogP contribution in [-0.2, 0) is 29.4 Å². The molecule has 0 saturated carbocycles. The first-order valence-corrected chi connectivity index (χ1v) is 17.5. The number of nitrogens with zero attached hydrogens (tertiary/aromatic N) is 3. The number of benzene rings is 2. The van der Waals surface area contributed by atoms with Gasteiger partial charge in [0.15, 0.2) is 9.84 Å². The summed E-state index contributed by atoms with van der Waals surface area (Å²) in [7, 11) is -7.77. The van der Waals surface area contributed by atoms with Gasteiger partial charge < -0.3 is 19.5 Å². The number of carbonyl (C=O) groups is 2. The van der Waals surface area contributed by atoms with Gasteiger partial charge in [-0.1, -0.05) is 0 Å². The molecule has 43 heavy (non-hydrogen) atoms. The molecule has 5 rings (SSSR count). The molecule has 1 atom stereocenters. The lowest BCUT2D eigenvalue weighted by molar-refractivity contribution is -0.140. The number of anilines is 1. The van der Waals surface area contributed by atoms with Crippen LogP contribution >= 0.6 is 0 Å². The summed E-state index contributed by atoms with van der Waals surface area (Å²) in [6.07, 6.45) is 4.67. The lowest BCUT2D eigenvalue weighted by Gasteiger charge is -2.25. The van der Waals surface area contributed by atoms with E-state index < -0.39 is 25.9 Å². The predicted octanol–water partition coefficient (Wildman–Crippen LogP) is 2.89. The van der Waals surface area contributed by atoms with Crippen molar-refractivity contribution in [3.63, 3.8) is 0 Å². The van der Waals surface area contributed by atoms with Crippen LogP contribution in [0.4, 0.5) is 5.69 Å². The smallest absolute Gasteiger partial charge is 0.264 e. The number of likely N-dealkylation sites (tertiary alicyclic amines) is 2. The zero-order valence-electron chi connectivity index (χ0n) is 24.1. The molecule has 2 saturated heterocycles. The number of sulfone groups is 1. The van der Waals surface area contributed by atoms with E-state index >= 15 is 0 Å². The van der Waals surface area contributed by atoms with E-state index in [0.29, 0.717) is 55.9 Å². The number of amides is 2. The van der Waals surface area contributed by atoms with Gasteiger partial charge >= 0.3 is 0 Å². The molecule has 12 nitrogen and oxygen atoms in total. The molecular weight excluding hydrogens is 594 g/mol. The molecule has 0 radical (unpaired) electrons. The first kappa shape index (κ1) is 30.5. The van der Waals surface area contributed by atoms with Gasteiger partial charge in [-0.2, -0.15) is 0 Å². The second-order valence-electron chi connectivity index (χ2n) is 10.9. The number of furan rings is 1. The Morgan fingerprint density at radius 2 is 1.63 bits per heavy atom. The summed E-state index contributed by atoms with van der Waals surface area (Å²) in [6, 6.07) is 10.9. The number of nitrogens with one attached hydrogen (secondary N) is 2. The van der Waals surface area contributed by atoms with Gasteiger partial charge in [0.05, 0.1) is 16.3 Å². The number of hydrogen-bond donors (Lipinski definition) is 2. The average Bonchev–Trinajstić information content (AvgIpc) is 3.58. The Hall–Kier alpha value is -3.91. The largest absolute Gasteiger partial charge is 0.461 e. The molecule has 2 fully saturated rings. The highest BCUT2D eigenvalue weighted by molar-refractivity contribution is 7.91. The maximum atomic E-state index is 13.6. The van der Waals surface area contributed by atoms with Gasteiger partial charge in [0, 0.05) is 37.0 Å². The van der Waals surface area contributed by atoms with Crippen LogP contribution in [0.1, 0.15) is 37.9 Å². The Kier molecular flexibility index (Phi) is 8.79. The normalized spacial score (nSPS) is 18.6. The van der Waals surface area contributed by atoms with Crippen molar-refractivity contribution in [2.24, 2.45) is 4.99 Å². The minimum absolute atomic E-state index is 0.0187. The second kappa shape index (κ2) is 12.4. The van der Waals surface area contributed by atoms with Gasteiger partial charge in [-0.3, -0.25) is 9.59 Å². The molecular formula is C29H35N5O7S2. The first-order chi connectivity index (χ1) is 20.4. The maximum absolute atomic E-state index is 13.6. The molecule has 0 bridgehead atoms. The predicted molar refractivity (Wildman–Crippen MR) is 162 cm³/mol. The quantitative estimate of drug-likeness (QED) is 0.298. The van der Waals surface area contributed by atoms with Crippen molar-refractivity contribution >= 4 is 54.3 Å². The zero-order chi connectivity index (χ0) is 30.8. The van der Waals surface area contributed by atoms with Gasteiger partial charge in [-0.05, 0) is 87.6 Å². The fraction of sp³-hybridized carbons (Fsp3) is 0.414. The number of aliphatic imine (C=N–C) groups is 1. The zero-order valence-corrected chi connectivity index (χ0v) is 25.7. The van der Waals surface area contributed by atoms with Crippen LogP contribution in [0.5, 0.6) is 0 Å². The van der Waals surface area contributed by atoms with Gasteiger partial charge in [0.25, 0.3) is 10.0 Å². The molecule has 14 heteroatoms. The van der Waals surface area contributed by atoms with Crippen molar-refractivity contribution in [2.45, 2.75) is 54.9 Å². The molecule has 0 aliphatic carbocycles. The molecule has 0 unspecified atom stereocenters. The van der Waals surface area contributed by atoms with Crippen molar-refractivity contribution in [2.75, 3.05) is 37.8 Å². The molecule has 2 N–H and O–H groups in total. The Morgan fingerprint density at radius 3 is 2.33 bits per heavy atom. The SMILES string of the molecule is Cc1cc2cc(NC(=N[C@H]3CCCCN(CC(=O)N4CCCC4)C3=O)NS(=O)(=O)c3ccc(S(C)(=O)=O)cc3)ccc2o1. The van der Waals surface area contributed by atoms with E-state index in [2.05, 4.69) is 15.0 Å². The monoisotopic (exact) mass is 629 g/mol. The molecule has 3 heterocycles. The lowest BCUT2D eigenvalue weighted by atomic mass is 10.1. The average molecular weight is 630 g/mol. The van der Waals surface area contributed by atoms with Crippen LogP contribution in [0.2, 0.25) is 0 Å². The molecule has 2 aromatic carbocycles. The van der Waals surface area contributed by atoms with Crippen molar-refractivity contribution in [1.82, 2.24) is 14.5 Å². The number of rotatable bonds is 7. The molecule has 230 valence electrons. The van der Waals surface area contributed by atoms with Gasteiger partial charge in [-0.15, -0.1) is 0 Å². The third-order valence-electron chi connectivity index (χ3n) is 7.52. The van der Waals surface area contributed by atoms with Gasteiger partial charge in [0.2, 0.25) is 17.8 Å². The number of hydrogen-bond acceptors (Lipinski definition) is 8. The van der Waals surface area contributed by atoms with Crippen LogP contribution in [-0.4, -0.2) is 82.9 Å². The summed E-state index contributed by atoms with van der Waals surface area (Å²) in [5.74, 6) is 0.0856. The van der Waals surface area contributed by atoms with Crippen LogP contribution in [0.25, 0.3) is 11.0 Å². The minimum Gasteiger partial charge on any atom is -0.461 e. The number of sulfonamides is 1. The third-order valence-corrected chi connectivity index (χ3v) is 10.0. The summed E-state index contributed by atoms with van der Waals surface area (Å²) in [5, 5.41) is 3.80. The van der Waals surface area contributed by atoms with E-state index in [1.165, 1.54) is 29.2 Å². The molecule has 2 amide bonds. The summed E-state index contributed by atoms with van der Waals surface area (Å²) in [6.45, 7) is 3.57. The Bertz CT molecular complexity index is 1760. The van der Waals surface area contributed by atoms with E-state index in [4.69, 9.17) is 4.42 Å². The minimum atomic E-state index is -4.24. The van der Waals surface area contributed by atoms with Crippen LogP contribution in [0.3, 0.4) is 0 Å². The number of fused-ring (bicyclic) bond motifs is 1. The highest BCUT2D eigenvalue weighted by Gasteiger charge is 2.31. The lowest BCUT2D eigenvalue weighted by Crippen LogP contribution is -2.45. The highest BCUT2D eigenvalue weighted by atomic mass is 32.2. The van der Waals surface area contributed by atoms with Crippen LogP contribution in [0, 0.1) is 6.92 Å².